The molecule has 1 aromatic rings. The van der Waals surface area contributed by atoms with E-state index in [-0.39, 0.29) is 12.7 Å². The summed E-state index contributed by atoms with van der Waals surface area (Å²) in [7, 11) is 0. The maximum absolute atomic E-state index is 11.6. The number of anilines is 1. The van der Waals surface area contributed by atoms with Gasteiger partial charge in [0.2, 0.25) is 0 Å². The number of piperidine rings is 1. The Hall–Kier alpha value is -1.75. The van der Waals surface area contributed by atoms with E-state index in [2.05, 4.69) is 5.32 Å². The van der Waals surface area contributed by atoms with Gasteiger partial charge in [-0.1, -0.05) is 12.1 Å². The molecule has 0 bridgehead atoms. The molecule has 110 valence electrons. The molecule has 0 atom stereocenters. The van der Waals surface area contributed by atoms with Gasteiger partial charge >= 0.3 is 6.09 Å². The van der Waals surface area contributed by atoms with Crippen LogP contribution in [-0.2, 0) is 11.3 Å². The monoisotopic (exact) mass is 278 g/mol. The summed E-state index contributed by atoms with van der Waals surface area (Å²) in [5.41, 5.74) is 1.96. The van der Waals surface area contributed by atoms with E-state index in [0.29, 0.717) is 12.6 Å². The molecular formula is C15H22N2O3. The molecule has 2 rings (SSSR count). The minimum absolute atomic E-state index is 0.0677. The Morgan fingerprint density at radius 1 is 1.35 bits per heavy atom. The maximum atomic E-state index is 11.6. The van der Waals surface area contributed by atoms with Crippen molar-refractivity contribution in [1.29, 1.82) is 0 Å². The smallest absolute Gasteiger partial charge is 0.409 e. The molecule has 0 unspecified atom stereocenters. The maximum Gasteiger partial charge on any atom is 0.409 e. The Bertz CT molecular complexity index is 425. The van der Waals surface area contributed by atoms with Crippen molar-refractivity contribution in [3.63, 3.8) is 0 Å². The zero-order chi connectivity index (χ0) is 14.4. The summed E-state index contributed by atoms with van der Waals surface area (Å²) in [6.45, 7) is 3.77. The van der Waals surface area contributed by atoms with Gasteiger partial charge in [-0.05, 0) is 37.5 Å². The van der Waals surface area contributed by atoms with Crippen molar-refractivity contribution in [2.75, 3.05) is 25.0 Å². The zero-order valence-electron chi connectivity index (χ0n) is 11.8. The summed E-state index contributed by atoms with van der Waals surface area (Å²) in [4.78, 5) is 13.4. The molecule has 1 aromatic carbocycles. The molecule has 1 heterocycles. The van der Waals surface area contributed by atoms with Gasteiger partial charge in [0, 0.05) is 24.8 Å². The largest absolute Gasteiger partial charge is 0.450 e. The van der Waals surface area contributed by atoms with Gasteiger partial charge in [0.15, 0.2) is 0 Å². The van der Waals surface area contributed by atoms with Crippen LogP contribution in [0.4, 0.5) is 10.5 Å². The second-order valence-corrected chi connectivity index (χ2v) is 4.96. The summed E-state index contributed by atoms with van der Waals surface area (Å²) in [6, 6.07) is 8.15. The number of carbonyl (C=O) groups is 1. The molecule has 0 aromatic heterocycles. The Labute approximate surface area is 119 Å². The number of likely N-dealkylation sites (tertiary alicyclic amines) is 1. The van der Waals surface area contributed by atoms with Crippen LogP contribution in [0, 0.1) is 0 Å². The second kappa shape index (κ2) is 7.14. The van der Waals surface area contributed by atoms with E-state index < -0.39 is 0 Å². The lowest BCUT2D eigenvalue weighted by atomic mass is 10.0. The van der Waals surface area contributed by atoms with Crippen LogP contribution in [0.25, 0.3) is 0 Å². The quantitative estimate of drug-likeness (QED) is 0.886. The van der Waals surface area contributed by atoms with Crippen LogP contribution in [0.3, 0.4) is 0 Å². The molecule has 1 fully saturated rings. The third-order valence-corrected chi connectivity index (χ3v) is 3.53. The van der Waals surface area contributed by atoms with Crippen molar-refractivity contribution in [3.05, 3.63) is 29.8 Å². The molecular weight excluding hydrogens is 256 g/mol. The fourth-order valence-electron chi connectivity index (χ4n) is 2.36. The molecule has 2 N–H and O–H groups in total. The van der Waals surface area contributed by atoms with Gasteiger partial charge in [0.25, 0.3) is 0 Å². The van der Waals surface area contributed by atoms with Crippen LogP contribution < -0.4 is 5.32 Å². The lowest BCUT2D eigenvalue weighted by molar-refractivity contribution is 0.0983. The standard InChI is InChI=1S/C15H22N2O3/c1-2-20-15(19)17-9-7-14(8-10-17)16-13-5-3-12(11-18)4-6-13/h3-6,14,16,18H,2,7-11H2,1H3. The third kappa shape index (κ3) is 3.87. The molecule has 0 radical (unpaired) electrons. The topological polar surface area (TPSA) is 61.8 Å². The van der Waals surface area contributed by atoms with Gasteiger partial charge in [0.05, 0.1) is 13.2 Å². The van der Waals surface area contributed by atoms with E-state index >= 15 is 0 Å². The minimum Gasteiger partial charge on any atom is -0.450 e. The number of amides is 1. The van der Waals surface area contributed by atoms with Gasteiger partial charge < -0.3 is 20.1 Å². The Balaban J connectivity index is 1.80. The first-order valence-electron chi connectivity index (χ1n) is 7.11. The number of benzene rings is 1. The molecule has 0 aliphatic carbocycles. The van der Waals surface area contributed by atoms with Crippen molar-refractivity contribution in [2.45, 2.75) is 32.4 Å². The lowest BCUT2D eigenvalue weighted by Crippen LogP contribution is -2.42. The highest BCUT2D eigenvalue weighted by atomic mass is 16.6. The number of rotatable bonds is 4. The van der Waals surface area contributed by atoms with Crippen LogP contribution in [0.5, 0.6) is 0 Å². The third-order valence-electron chi connectivity index (χ3n) is 3.53. The highest BCUT2D eigenvalue weighted by Gasteiger charge is 2.23. The molecule has 1 aliphatic heterocycles. The number of ether oxygens (including phenoxy) is 1. The van der Waals surface area contributed by atoms with E-state index in [1.807, 2.05) is 31.2 Å². The summed E-state index contributed by atoms with van der Waals surface area (Å²) in [5.74, 6) is 0. The first-order valence-corrected chi connectivity index (χ1v) is 7.11. The van der Waals surface area contributed by atoms with Crippen molar-refractivity contribution in [2.24, 2.45) is 0 Å². The first kappa shape index (κ1) is 14.7. The Morgan fingerprint density at radius 3 is 2.55 bits per heavy atom. The molecule has 5 heteroatoms. The van der Waals surface area contributed by atoms with Gasteiger partial charge in [-0.3, -0.25) is 0 Å². The summed E-state index contributed by atoms with van der Waals surface area (Å²) in [5, 5.41) is 12.5. The van der Waals surface area contributed by atoms with E-state index in [1.165, 1.54) is 0 Å². The van der Waals surface area contributed by atoms with E-state index in [1.54, 1.807) is 4.90 Å². The number of nitrogens with zero attached hydrogens (tertiary/aromatic N) is 1. The van der Waals surface area contributed by atoms with Crippen molar-refractivity contribution >= 4 is 11.8 Å². The summed E-state index contributed by atoms with van der Waals surface area (Å²) < 4.78 is 5.00. The summed E-state index contributed by atoms with van der Waals surface area (Å²) >= 11 is 0. The molecule has 1 amide bonds. The number of nitrogens with one attached hydrogen (secondary N) is 1. The van der Waals surface area contributed by atoms with E-state index in [0.717, 1.165) is 37.2 Å². The number of aliphatic hydroxyl groups excluding tert-OH is 1. The average Bonchev–Trinajstić information content (AvgIpc) is 2.49. The van der Waals surface area contributed by atoms with Crippen molar-refractivity contribution in [3.8, 4) is 0 Å². The molecule has 20 heavy (non-hydrogen) atoms. The molecule has 1 aliphatic rings. The normalized spacial score (nSPS) is 16.0. The average molecular weight is 278 g/mol. The summed E-state index contributed by atoms with van der Waals surface area (Å²) in [6.07, 6.45) is 1.62. The van der Waals surface area contributed by atoms with Crippen LogP contribution in [0.2, 0.25) is 0 Å². The SMILES string of the molecule is CCOC(=O)N1CCC(Nc2ccc(CO)cc2)CC1. The highest BCUT2D eigenvalue weighted by Crippen LogP contribution is 2.17. The van der Waals surface area contributed by atoms with Crippen LogP contribution >= 0.6 is 0 Å². The highest BCUT2D eigenvalue weighted by molar-refractivity contribution is 5.67. The molecule has 0 spiro atoms. The van der Waals surface area contributed by atoms with E-state index in [4.69, 9.17) is 9.84 Å². The number of hydrogen-bond acceptors (Lipinski definition) is 4. The van der Waals surface area contributed by atoms with Crippen molar-refractivity contribution in [1.82, 2.24) is 4.90 Å². The fourth-order valence-corrected chi connectivity index (χ4v) is 2.36. The number of aliphatic hydroxyl groups is 1. The first-order chi connectivity index (χ1) is 9.72. The number of carbonyl (C=O) groups excluding carboxylic acids is 1. The fraction of sp³-hybridized carbons (Fsp3) is 0.533. The van der Waals surface area contributed by atoms with Gasteiger partial charge in [-0.25, -0.2) is 4.79 Å². The van der Waals surface area contributed by atoms with Crippen LogP contribution in [-0.4, -0.2) is 41.8 Å². The Morgan fingerprint density at radius 2 is 2.00 bits per heavy atom. The molecule has 5 nitrogen and oxygen atoms in total. The van der Waals surface area contributed by atoms with E-state index in [9.17, 15) is 4.79 Å². The van der Waals surface area contributed by atoms with Crippen LogP contribution in [0.15, 0.2) is 24.3 Å². The Kier molecular flexibility index (Phi) is 5.24. The molecule has 1 saturated heterocycles. The van der Waals surface area contributed by atoms with Crippen molar-refractivity contribution < 1.29 is 14.6 Å². The minimum atomic E-state index is -0.210. The predicted molar refractivity (Wildman–Crippen MR) is 77.6 cm³/mol. The number of hydrogen-bond donors (Lipinski definition) is 2. The predicted octanol–water partition coefficient (Wildman–Crippen LogP) is 2.21. The van der Waals surface area contributed by atoms with Gasteiger partial charge in [-0.15, -0.1) is 0 Å². The molecule has 0 saturated carbocycles. The van der Waals surface area contributed by atoms with Gasteiger partial charge in [-0.2, -0.15) is 0 Å². The lowest BCUT2D eigenvalue weighted by Gasteiger charge is -2.32. The van der Waals surface area contributed by atoms with Crippen LogP contribution in [0.1, 0.15) is 25.3 Å². The second-order valence-electron chi connectivity index (χ2n) is 4.96. The van der Waals surface area contributed by atoms with Gasteiger partial charge in [0.1, 0.15) is 0 Å². The zero-order valence-corrected chi connectivity index (χ0v) is 11.8.